The molecule has 1 heterocycles. The smallest absolute Gasteiger partial charge is 0.123 e. The van der Waals surface area contributed by atoms with Gasteiger partial charge in [0.2, 0.25) is 0 Å². The summed E-state index contributed by atoms with van der Waals surface area (Å²) in [6.07, 6.45) is 2.60. The third-order valence-corrected chi connectivity index (χ3v) is 4.39. The Labute approximate surface area is 128 Å². The number of hydrogen-bond donors (Lipinski definition) is 1. The van der Waals surface area contributed by atoms with Gasteiger partial charge in [-0.3, -0.25) is 4.90 Å². The molecule has 0 bridgehead atoms. The number of rotatable bonds is 7. The highest BCUT2D eigenvalue weighted by atomic mass is 32.1. The minimum atomic E-state index is -0.178. The molecule has 1 aliphatic carbocycles. The SMILES string of the molecule is CN(Cc1cccc(F)c1)Cc1csc(CNC2CC2)n1. The first-order chi connectivity index (χ1) is 10.2. The molecule has 21 heavy (non-hydrogen) atoms. The molecule has 0 amide bonds. The zero-order chi connectivity index (χ0) is 14.7. The van der Waals surface area contributed by atoms with Crippen LogP contribution in [0.15, 0.2) is 29.6 Å². The van der Waals surface area contributed by atoms with Crippen LogP contribution in [0, 0.1) is 5.82 Å². The third-order valence-electron chi connectivity index (χ3n) is 3.49. The van der Waals surface area contributed by atoms with Gasteiger partial charge in [0.15, 0.2) is 0 Å². The van der Waals surface area contributed by atoms with E-state index in [2.05, 4.69) is 20.6 Å². The topological polar surface area (TPSA) is 28.2 Å². The van der Waals surface area contributed by atoms with Gasteiger partial charge in [-0.1, -0.05) is 12.1 Å². The van der Waals surface area contributed by atoms with Gasteiger partial charge in [-0.15, -0.1) is 11.3 Å². The van der Waals surface area contributed by atoms with Gasteiger partial charge in [0.25, 0.3) is 0 Å². The maximum atomic E-state index is 13.2. The minimum Gasteiger partial charge on any atom is -0.308 e. The van der Waals surface area contributed by atoms with E-state index < -0.39 is 0 Å². The molecule has 0 unspecified atom stereocenters. The molecule has 5 heteroatoms. The molecule has 1 fully saturated rings. The molecule has 2 aromatic rings. The number of nitrogens with one attached hydrogen (secondary N) is 1. The summed E-state index contributed by atoms with van der Waals surface area (Å²) < 4.78 is 13.2. The van der Waals surface area contributed by atoms with Crippen molar-refractivity contribution < 1.29 is 4.39 Å². The first-order valence-corrected chi connectivity index (χ1v) is 8.16. The van der Waals surface area contributed by atoms with Gasteiger partial charge in [-0.2, -0.15) is 0 Å². The Morgan fingerprint density at radius 2 is 2.24 bits per heavy atom. The molecule has 1 aromatic carbocycles. The summed E-state index contributed by atoms with van der Waals surface area (Å²) in [4.78, 5) is 6.80. The lowest BCUT2D eigenvalue weighted by Gasteiger charge is -2.15. The molecule has 3 nitrogen and oxygen atoms in total. The monoisotopic (exact) mass is 305 g/mol. The summed E-state index contributed by atoms with van der Waals surface area (Å²) in [6.45, 7) is 2.39. The van der Waals surface area contributed by atoms with Crippen LogP contribution in [0.3, 0.4) is 0 Å². The average molecular weight is 305 g/mol. The average Bonchev–Trinajstić information content (AvgIpc) is 3.17. The number of halogens is 1. The van der Waals surface area contributed by atoms with Crippen molar-refractivity contribution in [2.24, 2.45) is 0 Å². The van der Waals surface area contributed by atoms with E-state index in [0.29, 0.717) is 6.04 Å². The van der Waals surface area contributed by atoms with Crippen molar-refractivity contribution in [2.45, 2.75) is 38.5 Å². The van der Waals surface area contributed by atoms with E-state index in [9.17, 15) is 4.39 Å². The summed E-state index contributed by atoms with van der Waals surface area (Å²) in [7, 11) is 2.03. The number of aromatic nitrogens is 1. The lowest BCUT2D eigenvalue weighted by molar-refractivity contribution is 0.315. The molecule has 1 N–H and O–H groups in total. The van der Waals surface area contributed by atoms with Crippen molar-refractivity contribution in [1.82, 2.24) is 15.2 Å². The molecule has 0 aliphatic heterocycles. The lowest BCUT2D eigenvalue weighted by atomic mass is 10.2. The zero-order valence-corrected chi connectivity index (χ0v) is 13.0. The third kappa shape index (κ3) is 4.59. The summed E-state index contributed by atoms with van der Waals surface area (Å²) in [5.41, 5.74) is 2.08. The van der Waals surface area contributed by atoms with Crippen molar-refractivity contribution in [3.63, 3.8) is 0 Å². The van der Waals surface area contributed by atoms with Gasteiger partial charge in [-0.05, 0) is 37.6 Å². The highest BCUT2D eigenvalue weighted by molar-refractivity contribution is 7.09. The first-order valence-electron chi connectivity index (χ1n) is 7.29. The molecule has 0 saturated heterocycles. The van der Waals surface area contributed by atoms with E-state index >= 15 is 0 Å². The van der Waals surface area contributed by atoms with Crippen LogP contribution in [0.1, 0.15) is 29.1 Å². The highest BCUT2D eigenvalue weighted by Crippen LogP contribution is 2.20. The van der Waals surface area contributed by atoms with Crippen LogP contribution in [0.2, 0.25) is 0 Å². The van der Waals surface area contributed by atoms with Gasteiger partial charge >= 0.3 is 0 Å². The standard InChI is InChI=1S/C16H20FN3S/c1-20(9-12-3-2-4-13(17)7-12)10-15-11-21-16(19-15)8-18-14-5-6-14/h2-4,7,11,14,18H,5-6,8-10H2,1H3. The fraction of sp³-hybridized carbons (Fsp3) is 0.438. The van der Waals surface area contributed by atoms with Crippen LogP contribution in [-0.2, 0) is 19.6 Å². The van der Waals surface area contributed by atoms with Crippen LogP contribution in [0.5, 0.6) is 0 Å². The summed E-state index contributed by atoms with van der Waals surface area (Å²) >= 11 is 1.71. The van der Waals surface area contributed by atoms with Gasteiger partial charge < -0.3 is 5.32 Å². The van der Waals surface area contributed by atoms with Gasteiger partial charge in [-0.25, -0.2) is 9.37 Å². The molecule has 0 atom stereocenters. The Hall–Kier alpha value is -1.30. The van der Waals surface area contributed by atoms with Crippen LogP contribution in [0.4, 0.5) is 4.39 Å². The zero-order valence-electron chi connectivity index (χ0n) is 12.2. The quantitative estimate of drug-likeness (QED) is 0.851. The molecule has 3 rings (SSSR count). The van der Waals surface area contributed by atoms with Crippen LogP contribution in [0.25, 0.3) is 0 Å². The fourth-order valence-corrected chi connectivity index (χ4v) is 3.04. The Balaban J connectivity index is 1.50. The fourth-order valence-electron chi connectivity index (χ4n) is 2.30. The molecular weight excluding hydrogens is 285 g/mol. The van der Waals surface area contributed by atoms with Gasteiger partial charge in [0, 0.05) is 31.1 Å². The number of thiazole rings is 1. The largest absolute Gasteiger partial charge is 0.308 e. The van der Waals surface area contributed by atoms with E-state index in [1.807, 2.05) is 13.1 Å². The van der Waals surface area contributed by atoms with E-state index in [1.54, 1.807) is 23.5 Å². The van der Waals surface area contributed by atoms with E-state index in [0.717, 1.165) is 35.9 Å². The molecule has 0 radical (unpaired) electrons. The normalized spacial score (nSPS) is 14.8. The molecule has 1 saturated carbocycles. The lowest BCUT2D eigenvalue weighted by Crippen LogP contribution is -2.18. The molecular formula is C16H20FN3S. The van der Waals surface area contributed by atoms with E-state index in [1.165, 1.54) is 18.9 Å². The second-order valence-electron chi connectivity index (χ2n) is 5.69. The van der Waals surface area contributed by atoms with Gasteiger partial charge in [0.1, 0.15) is 10.8 Å². The molecule has 1 aromatic heterocycles. The van der Waals surface area contributed by atoms with Crippen molar-refractivity contribution in [1.29, 1.82) is 0 Å². The van der Waals surface area contributed by atoms with Crippen LogP contribution in [-0.4, -0.2) is 23.0 Å². The predicted molar refractivity (Wildman–Crippen MR) is 83.5 cm³/mol. The Morgan fingerprint density at radius 3 is 3.00 bits per heavy atom. The number of benzene rings is 1. The summed E-state index contributed by atoms with van der Waals surface area (Å²) in [5.74, 6) is -0.178. The number of hydrogen-bond acceptors (Lipinski definition) is 4. The summed E-state index contributed by atoms with van der Waals surface area (Å²) in [5, 5.41) is 6.74. The first kappa shape index (κ1) is 14.6. The second kappa shape index (κ2) is 6.64. The van der Waals surface area contributed by atoms with Crippen LogP contribution >= 0.6 is 11.3 Å². The maximum absolute atomic E-state index is 13.2. The van der Waals surface area contributed by atoms with Crippen molar-refractivity contribution in [3.05, 3.63) is 51.7 Å². The molecule has 1 aliphatic rings. The number of nitrogens with zero attached hydrogens (tertiary/aromatic N) is 2. The molecule has 0 spiro atoms. The molecule has 112 valence electrons. The van der Waals surface area contributed by atoms with Crippen LogP contribution < -0.4 is 5.32 Å². The van der Waals surface area contributed by atoms with E-state index in [4.69, 9.17) is 0 Å². The Kier molecular flexibility index (Phi) is 4.63. The van der Waals surface area contributed by atoms with Crippen molar-refractivity contribution in [3.8, 4) is 0 Å². The van der Waals surface area contributed by atoms with Crippen molar-refractivity contribution in [2.75, 3.05) is 7.05 Å². The maximum Gasteiger partial charge on any atom is 0.123 e. The predicted octanol–water partition coefficient (Wildman–Crippen LogP) is 3.17. The van der Waals surface area contributed by atoms with Gasteiger partial charge in [0.05, 0.1) is 5.69 Å². The summed E-state index contributed by atoms with van der Waals surface area (Å²) in [6, 6.07) is 7.48. The van der Waals surface area contributed by atoms with E-state index in [-0.39, 0.29) is 5.82 Å². The van der Waals surface area contributed by atoms with Crippen molar-refractivity contribution >= 4 is 11.3 Å². The Bertz CT molecular complexity index is 595. The Morgan fingerprint density at radius 1 is 1.38 bits per heavy atom. The highest BCUT2D eigenvalue weighted by Gasteiger charge is 2.20. The second-order valence-corrected chi connectivity index (χ2v) is 6.63. The minimum absolute atomic E-state index is 0.178.